The van der Waals surface area contributed by atoms with Gasteiger partial charge in [-0.2, -0.15) is 0 Å². The molecule has 3 heterocycles. The maximum atomic E-state index is 13.9. The van der Waals surface area contributed by atoms with Gasteiger partial charge in [0.1, 0.15) is 11.6 Å². The summed E-state index contributed by atoms with van der Waals surface area (Å²) in [5.41, 5.74) is 1.59. The fourth-order valence-electron chi connectivity index (χ4n) is 4.88. The molecule has 0 bridgehead atoms. The molecule has 0 unspecified atom stereocenters. The van der Waals surface area contributed by atoms with E-state index in [0.29, 0.717) is 61.7 Å². The molecule has 2 fully saturated rings. The van der Waals surface area contributed by atoms with Crippen LogP contribution in [0.15, 0.2) is 29.1 Å². The Morgan fingerprint density at radius 3 is 2.69 bits per heavy atom. The van der Waals surface area contributed by atoms with Crippen molar-refractivity contribution in [1.82, 2.24) is 19.8 Å². The number of aromatic amines is 1. The number of amides is 2. The molecule has 1 aromatic heterocycles. The second-order valence-corrected chi connectivity index (χ2v) is 9.11. The lowest BCUT2D eigenvalue weighted by Gasteiger charge is -2.34. The third kappa shape index (κ3) is 3.94. The summed E-state index contributed by atoms with van der Waals surface area (Å²) in [5.74, 6) is 0.301. The van der Waals surface area contributed by atoms with E-state index in [1.807, 2.05) is 4.90 Å². The van der Waals surface area contributed by atoms with Gasteiger partial charge in [-0.1, -0.05) is 24.6 Å². The molecule has 2 amide bonds. The molecule has 168 valence electrons. The zero-order valence-electron chi connectivity index (χ0n) is 18.0. The van der Waals surface area contributed by atoms with Crippen LogP contribution in [0.25, 0.3) is 0 Å². The fourth-order valence-corrected chi connectivity index (χ4v) is 4.88. The molecular weight excluding hydrogens is 411 g/mol. The smallest absolute Gasteiger partial charge is 0.254 e. The Balaban J connectivity index is 1.28. The number of hydrogen-bond acceptors (Lipinski definition) is 4. The van der Waals surface area contributed by atoms with E-state index in [2.05, 4.69) is 4.98 Å². The predicted octanol–water partition coefficient (Wildman–Crippen LogP) is 2.15. The first-order chi connectivity index (χ1) is 15.5. The lowest BCUT2D eigenvalue weighted by Crippen LogP contribution is -2.43. The minimum atomic E-state index is -0.377. The molecule has 1 saturated carbocycles. The van der Waals surface area contributed by atoms with Crippen molar-refractivity contribution in [2.45, 2.75) is 51.0 Å². The van der Waals surface area contributed by atoms with E-state index < -0.39 is 0 Å². The molecule has 3 aliphatic rings. The highest BCUT2D eigenvalue weighted by Gasteiger charge is 2.34. The molecule has 2 aromatic rings. The summed E-state index contributed by atoms with van der Waals surface area (Å²) in [6.07, 6.45) is 4.25. The number of aromatic nitrogens is 2. The maximum Gasteiger partial charge on any atom is 0.254 e. The number of rotatable bonds is 4. The number of hydrogen-bond donors (Lipinski definition) is 1. The number of fused-ring (bicyclic) bond motifs is 1. The summed E-state index contributed by atoms with van der Waals surface area (Å²) in [7, 11) is 0. The van der Waals surface area contributed by atoms with Gasteiger partial charge in [-0.3, -0.25) is 14.4 Å². The van der Waals surface area contributed by atoms with E-state index in [4.69, 9.17) is 4.98 Å². The van der Waals surface area contributed by atoms with E-state index in [-0.39, 0.29) is 41.4 Å². The minimum absolute atomic E-state index is 0.0196. The number of carbonyl (C=O) groups is 2. The Kier molecular flexibility index (Phi) is 5.53. The van der Waals surface area contributed by atoms with Crippen molar-refractivity contribution in [2.75, 3.05) is 19.6 Å². The van der Waals surface area contributed by atoms with Gasteiger partial charge in [-0.25, -0.2) is 9.37 Å². The molecule has 0 spiro atoms. The van der Waals surface area contributed by atoms with Gasteiger partial charge >= 0.3 is 0 Å². The van der Waals surface area contributed by atoms with Gasteiger partial charge in [0.25, 0.3) is 5.56 Å². The summed E-state index contributed by atoms with van der Waals surface area (Å²) < 4.78 is 13.9. The normalized spacial score (nSPS) is 20.7. The van der Waals surface area contributed by atoms with Crippen molar-refractivity contribution >= 4 is 11.8 Å². The summed E-state index contributed by atoms with van der Waals surface area (Å²) in [5, 5.41) is 0. The number of likely N-dealkylation sites (tertiary alicyclic amines) is 1. The third-order valence-corrected chi connectivity index (χ3v) is 7.09. The molecule has 1 atom stereocenters. The zero-order chi connectivity index (χ0) is 22.2. The molecule has 1 aliphatic carbocycles. The van der Waals surface area contributed by atoms with Crippen LogP contribution >= 0.6 is 0 Å². The van der Waals surface area contributed by atoms with Gasteiger partial charge in [0.2, 0.25) is 11.8 Å². The number of benzene rings is 1. The highest BCUT2D eigenvalue weighted by Crippen LogP contribution is 2.30. The Hall–Kier alpha value is -3.03. The number of carbonyl (C=O) groups excluding carboxylic acids is 2. The number of nitrogens with one attached hydrogen (secondary N) is 1. The molecule has 2 aliphatic heterocycles. The number of H-pyrrole nitrogens is 1. The van der Waals surface area contributed by atoms with Crippen LogP contribution in [-0.4, -0.2) is 51.2 Å². The molecule has 1 aromatic carbocycles. The lowest BCUT2D eigenvalue weighted by molar-refractivity contribution is -0.139. The number of halogens is 1. The van der Waals surface area contributed by atoms with Gasteiger partial charge in [0.05, 0.1) is 18.7 Å². The predicted molar refractivity (Wildman–Crippen MR) is 115 cm³/mol. The van der Waals surface area contributed by atoms with E-state index in [0.717, 1.165) is 19.3 Å². The van der Waals surface area contributed by atoms with Crippen LogP contribution < -0.4 is 5.56 Å². The Bertz CT molecular complexity index is 1110. The van der Waals surface area contributed by atoms with E-state index in [1.165, 1.54) is 6.07 Å². The minimum Gasteiger partial charge on any atom is -0.342 e. The quantitative estimate of drug-likeness (QED) is 0.793. The zero-order valence-corrected chi connectivity index (χ0v) is 18.0. The Morgan fingerprint density at radius 2 is 1.94 bits per heavy atom. The van der Waals surface area contributed by atoms with E-state index >= 15 is 0 Å². The molecular formula is C24H27FN4O3. The fraction of sp³-hybridized carbons (Fsp3) is 0.500. The monoisotopic (exact) mass is 438 g/mol. The summed E-state index contributed by atoms with van der Waals surface area (Å²) in [6.45, 7) is 1.93. The molecule has 32 heavy (non-hydrogen) atoms. The van der Waals surface area contributed by atoms with Crippen LogP contribution in [0.1, 0.15) is 54.2 Å². The van der Waals surface area contributed by atoms with E-state index in [1.54, 1.807) is 23.1 Å². The standard InChI is InChI=1S/C24H27FN4O3/c25-19-7-2-1-4-16(19)12-21(30)28-10-8-17(13-28)22-26-20-14-29(24(32)15-5-3-6-15)11-9-18(20)23(31)27-22/h1-2,4,7,15,17H,3,5-6,8-14H2,(H,26,27,31)/t17-/m1/s1. The van der Waals surface area contributed by atoms with Crippen molar-refractivity contribution in [2.24, 2.45) is 5.92 Å². The van der Waals surface area contributed by atoms with Crippen LogP contribution in [-0.2, 0) is 29.0 Å². The van der Waals surface area contributed by atoms with Gasteiger partial charge in [0.15, 0.2) is 0 Å². The van der Waals surface area contributed by atoms with Crippen molar-refractivity contribution in [3.63, 3.8) is 0 Å². The van der Waals surface area contributed by atoms with Gasteiger partial charge in [0, 0.05) is 37.0 Å². The Morgan fingerprint density at radius 1 is 1.12 bits per heavy atom. The highest BCUT2D eigenvalue weighted by molar-refractivity contribution is 5.80. The summed E-state index contributed by atoms with van der Waals surface area (Å²) in [4.78, 5) is 49.2. The number of nitrogens with zero attached hydrogens (tertiary/aromatic N) is 3. The van der Waals surface area contributed by atoms with Crippen LogP contribution in [0, 0.1) is 11.7 Å². The first kappa shape index (κ1) is 20.8. The second kappa shape index (κ2) is 8.48. The highest BCUT2D eigenvalue weighted by atomic mass is 19.1. The molecule has 0 radical (unpaired) electrons. The first-order valence-corrected chi connectivity index (χ1v) is 11.4. The molecule has 8 heteroatoms. The van der Waals surface area contributed by atoms with Crippen LogP contribution in [0.3, 0.4) is 0 Å². The Labute approximate surface area is 185 Å². The van der Waals surface area contributed by atoms with E-state index in [9.17, 15) is 18.8 Å². The SMILES string of the molecule is O=C(Cc1ccccc1F)N1CC[C@@H](c2nc3c(c(=O)[nH]2)CCN(C(=O)C2CCC2)C3)C1. The third-order valence-electron chi connectivity index (χ3n) is 7.09. The van der Waals surface area contributed by atoms with Crippen molar-refractivity contribution in [1.29, 1.82) is 0 Å². The molecule has 1 N–H and O–H groups in total. The molecule has 1 saturated heterocycles. The maximum absolute atomic E-state index is 13.9. The largest absolute Gasteiger partial charge is 0.342 e. The van der Waals surface area contributed by atoms with Crippen molar-refractivity contribution in [3.8, 4) is 0 Å². The lowest BCUT2D eigenvalue weighted by atomic mass is 9.84. The summed E-state index contributed by atoms with van der Waals surface area (Å²) >= 11 is 0. The molecule has 7 nitrogen and oxygen atoms in total. The van der Waals surface area contributed by atoms with Crippen LogP contribution in [0.5, 0.6) is 0 Å². The average molecular weight is 439 g/mol. The molecule has 5 rings (SSSR count). The van der Waals surface area contributed by atoms with Gasteiger partial charge in [-0.15, -0.1) is 0 Å². The van der Waals surface area contributed by atoms with Crippen LogP contribution in [0.2, 0.25) is 0 Å². The van der Waals surface area contributed by atoms with Crippen molar-refractivity contribution in [3.05, 3.63) is 63.1 Å². The van der Waals surface area contributed by atoms with Crippen LogP contribution in [0.4, 0.5) is 4.39 Å². The first-order valence-electron chi connectivity index (χ1n) is 11.4. The summed E-state index contributed by atoms with van der Waals surface area (Å²) in [6, 6.07) is 6.31. The average Bonchev–Trinajstić information content (AvgIpc) is 3.24. The second-order valence-electron chi connectivity index (χ2n) is 9.11. The van der Waals surface area contributed by atoms with Crippen molar-refractivity contribution < 1.29 is 14.0 Å². The van der Waals surface area contributed by atoms with Gasteiger partial charge in [-0.05, 0) is 37.3 Å². The van der Waals surface area contributed by atoms with Gasteiger partial charge < -0.3 is 14.8 Å². The topological polar surface area (TPSA) is 86.4 Å².